The van der Waals surface area contributed by atoms with Crippen molar-refractivity contribution in [2.24, 2.45) is 5.92 Å². The lowest BCUT2D eigenvalue weighted by molar-refractivity contribution is 0.0583. The van der Waals surface area contributed by atoms with Crippen LogP contribution in [-0.4, -0.2) is 10.7 Å². The van der Waals surface area contributed by atoms with E-state index in [1.54, 1.807) is 0 Å². The molecule has 1 atom stereocenters. The molecule has 0 saturated heterocycles. The minimum atomic E-state index is -0.981. The van der Waals surface area contributed by atoms with Crippen molar-refractivity contribution in [3.8, 4) is 0 Å². The summed E-state index contributed by atoms with van der Waals surface area (Å²) in [6.07, 6.45) is 4.43. The van der Waals surface area contributed by atoms with Gasteiger partial charge in [0.25, 0.3) is 0 Å². The molecule has 1 N–H and O–H groups in total. The largest absolute Gasteiger partial charge is 0.390 e. The van der Waals surface area contributed by atoms with Crippen LogP contribution in [0.3, 0.4) is 0 Å². The van der Waals surface area contributed by atoms with Gasteiger partial charge in [-0.2, -0.15) is 0 Å². The first-order chi connectivity index (χ1) is 16.0. The lowest BCUT2D eigenvalue weighted by Gasteiger charge is -2.31. The third kappa shape index (κ3) is 5.77. The van der Waals surface area contributed by atoms with Crippen LogP contribution in [-0.2, 0) is 0 Å². The summed E-state index contributed by atoms with van der Waals surface area (Å²) in [5.74, 6) is -0.240. The number of aliphatic hydroxyl groups is 1. The highest BCUT2D eigenvalue weighted by Gasteiger charge is 2.30. The summed E-state index contributed by atoms with van der Waals surface area (Å²) in [5, 5.41) is 11.4. The van der Waals surface area contributed by atoms with Crippen LogP contribution in [0.15, 0.2) is 127 Å². The molecule has 4 aromatic rings. The summed E-state index contributed by atoms with van der Waals surface area (Å²) in [7, 11) is 0. The van der Waals surface area contributed by atoms with E-state index in [2.05, 4.69) is 97.1 Å². The molecule has 0 aliphatic carbocycles. The highest BCUT2D eigenvalue weighted by atomic mass is 16.3. The van der Waals surface area contributed by atoms with Gasteiger partial charge >= 0.3 is 0 Å². The van der Waals surface area contributed by atoms with Crippen molar-refractivity contribution < 1.29 is 5.11 Å². The average molecular weight is 431 g/mol. The van der Waals surface area contributed by atoms with Crippen molar-refractivity contribution in [1.82, 2.24) is 0 Å². The second kappa shape index (κ2) is 10.3. The predicted molar refractivity (Wildman–Crippen MR) is 141 cm³/mol. The minimum absolute atomic E-state index is 0.240. The molecule has 0 heterocycles. The smallest absolute Gasteiger partial charge is 0.0695 e. The maximum absolute atomic E-state index is 11.4. The van der Waals surface area contributed by atoms with Gasteiger partial charge in [-0.05, 0) is 47.2 Å². The van der Waals surface area contributed by atoms with Crippen molar-refractivity contribution in [2.75, 3.05) is 0 Å². The first-order valence-corrected chi connectivity index (χ1v) is 11.4. The van der Waals surface area contributed by atoms with E-state index >= 15 is 0 Å². The van der Waals surface area contributed by atoms with Crippen LogP contribution in [0.2, 0.25) is 0 Å². The normalized spacial score (nSPS) is 12.8. The molecule has 1 unspecified atom stereocenters. The Morgan fingerprint density at radius 2 is 1.00 bits per heavy atom. The molecule has 0 aliphatic heterocycles. The van der Waals surface area contributed by atoms with Gasteiger partial charge < -0.3 is 5.11 Å². The molecule has 0 radical (unpaired) electrons. The molecule has 1 heteroatoms. The quantitative estimate of drug-likeness (QED) is 0.297. The monoisotopic (exact) mass is 430 g/mol. The van der Waals surface area contributed by atoms with Gasteiger partial charge in [-0.3, -0.25) is 0 Å². The maximum Gasteiger partial charge on any atom is 0.0695 e. The van der Waals surface area contributed by atoms with E-state index in [4.69, 9.17) is 0 Å². The van der Waals surface area contributed by atoms with Crippen LogP contribution in [0.5, 0.6) is 0 Å². The lowest BCUT2D eigenvalue weighted by Crippen LogP contribution is -2.30. The molecular formula is C32H30O. The number of hydrogen-bond acceptors (Lipinski definition) is 1. The molecular weight excluding hydrogens is 400 g/mol. The molecule has 0 amide bonds. The SMILES string of the molecule is CC(C)(O)C(C=C(c1ccccc1)c1ccccc1)C(=Cc1ccccc1)c1ccccc1. The van der Waals surface area contributed by atoms with E-state index < -0.39 is 5.60 Å². The van der Waals surface area contributed by atoms with Crippen LogP contribution < -0.4 is 0 Å². The van der Waals surface area contributed by atoms with E-state index in [0.717, 1.165) is 33.4 Å². The molecule has 0 bridgehead atoms. The standard InChI is InChI=1S/C32H30O/c1-32(2,33)31(24-29(26-17-9-4-10-18-26)27-19-11-5-12-20-27)30(28-21-13-6-14-22-28)23-25-15-7-3-8-16-25/h3-24,31,33H,1-2H3. The number of hydrogen-bond donors (Lipinski definition) is 1. The summed E-state index contributed by atoms with van der Waals surface area (Å²) in [4.78, 5) is 0. The van der Waals surface area contributed by atoms with Crippen molar-refractivity contribution in [3.63, 3.8) is 0 Å². The highest BCUT2D eigenvalue weighted by molar-refractivity contribution is 5.88. The van der Waals surface area contributed by atoms with Crippen LogP contribution in [0.4, 0.5) is 0 Å². The molecule has 0 aliphatic rings. The molecule has 0 aromatic heterocycles. The third-order valence-electron chi connectivity index (χ3n) is 5.83. The first kappa shape index (κ1) is 22.5. The van der Waals surface area contributed by atoms with Gasteiger partial charge in [0, 0.05) is 5.92 Å². The van der Waals surface area contributed by atoms with E-state index in [0.29, 0.717) is 0 Å². The summed E-state index contributed by atoms with van der Waals surface area (Å²) in [6, 6.07) is 41.5. The van der Waals surface area contributed by atoms with E-state index in [9.17, 15) is 5.11 Å². The lowest BCUT2D eigenvalue weighted by atomic mass is 9.78. The van der Waals surface area contributed by atoms with Crippen molar-refractivity contribution in [2.45, 2.75) is 19.4 Å². The fourth-order valence-electron chi connectivity index (χ4n) is 4.15. The predicted octanol–water partition coefficient (Wildman–Crippen LogP) is 7.75. The number of benzene rings is 4. The number of rotatable bonds is 7. The Balaban J connectivity index is 1.95. The minimum Gasteiger partial charge on any atom is -0.390 e. The molecule has 0 saturated carbocycles. The van der Waals surface area contributed by atoms with Gasteiger partial charge in [0.15, 0.2) is 0 Å². The molecule has 33 heavy (non-hydrogen) atoms. The molecule has 4 rings (SSSR count). The molecule has 1 nitrogen and oxygen atoms in total. The van der Waals surface area contributed by atoms with Crippen LogP contribution >= 0.6 is 0 Å². The van der Waals surface area contributed by atoms with Crippen LogP contribution in [0, 0.1) is 5.92 Å². The molecule has 4 aromatic carbocycles. The van der Waals surface area contributed by atoms with Crippen molar-refractivity contribution >= 4 is 17.2 Å². The van der Waals surface area contributed by atoms with Gasteiger partial charge in [-0.1, -0.05) is 133 Å². The van der Waals surface area contributed by atoms with Gasteiger partial charge in [-0.25, -0.2) is 0 Å². The average Bonchev–Trinajstić information content (AvgIpc) is 2.85. The third-order valence-corrected chi connectivity index (χ3v) is 5.83. The Labute approximate surface area is 197 Å². The Hall–Kier alpha value is -3.68. The van der Waals surface area contributed by atoms with E-state index in [1.807, 2.05) is 50.2 Å². The second-order valence-corrected chi connectivity index (χ2v) is 8.82. The summed E-state index contributed by atoms with van der Waals surface area (Å²) >= 11 is 0. The first-order valence-electron chi connectivity index (χ1n) is 11.4. The van der Waals surface area contributed by atoms with Crippen molar-refractivity contribution in [1.29, 1.82) is 0 Å². The summed E-state index contributed by atoms with van der Waals surface area (Å²) < 4.78 is 0. The van der Waals surface area contributed by atoms with E-state index in [-0.39, 0.29) is 5.92 Å². The fraction of sp³-hybridized carbons (Fsp3) is 0.125. The highest BCUT2D eigenvalue weighted by Crippen LogP contribution is 2.38. The zero-order valence-electron chi connectivity index (χ0n) is 19.2. The Morgan fingerprint density at radius 3 is 1.42 bits per heavy atom. The molecule has 0 fully saturated rings. The Kier molecular flexibility index (Phi) is 7.02. The molecule has 164 valence electrons. The zero-order chi connectivity index (χ0) is 23.1. The van der Waals surface area contributed by atoms with Gasteiger partial charge in [0.05, 0.1) is 5.60 Å². The van der Waals surface area contributed by atoms with Gasteiger partial charge in [0.2, 0.25) is 0 Å². The topological polar surface area (TPSA) is 20.2 Å². The Bertz CT molecular complexity index is 1160. The van der Waals surface area contributed by atoms with Gasteiger partial charge in [-0.15, -0.1) is 0 Å². The van der Waals surface area contributed by atoms with Crippen LogP contribution in [0.25, 0.3) is 17.2 Å². The van der Waals surface area contributed by atoms with Gasteiger partial charge in [0.1, 0.15) is 0 Å². The fourth-order valence-corrected chi connectivity index (χ4v) is 4.15. The van der Waals surface area contributed by atoms with E-state index in [1.165, 1.54) is 0 Å². The maximum atomic E-state index is 11.4. The van der Waals surface area contributed by atoms with Crippen LogP contribution in [0.1, 0.15) is 36.1 Å². The molecule has 0 spiro atoms. The summed E-state index contributed by atoms with van der Waals surface area (Å²) in [6.45, 7) is 3.78. The summed E-state index contributed by atoms with van der Waals surface area (Å²) in [5.41, 5.74) is 5.68. The second-order valence-electron chi connectivity index (χ2n) is 8.82. The zero-order valence-corrected chi connectivity index (χ0v) is 19.2. The van der Waals surface area contributed by atoms with Crippen molar-refractivity contribution in [3.05, 3.63) is 150 Å². The Morgan fingerprint density at radius 1 is 0.606 bits per heavy atom.